The van der Waals surface area contributed by atoms with Crippen LogP contribution in [0.1, 0.15) is 47.0 Å². The summed E-state index contributed by atoms with van der Waals surface area (Å²) in [6.45, 7) is 2.50. The molecule has 6 nitrogen and oxygen atoms in total. The lowest BCUT2D eigenvalue weighted by molar-refractivity contribution is 0.0937. The molecule has 0 spiro atoms. The summed E-state index contributed by atoms with van der Waals surface area (Å²) in [7, 11) is 1.52. The SMILES string of the molecule is COc1cc(C(=O)CCC(O)c2cccc(-c3csc4c(C)cccc34)n2)ccc1OCCCO. The number of aliphatic hydroxyl groups excluding tert-OH is 2. The molecule has 0 aliphatic carbocycles. The van der Waals surface area contributed by atoms with Crippen molar-refractivity contribution in [1.82, 2.24) is 4.98 Å². The van der Waals surface area contributed by atoms with Gasteiger partial charge in [-0.1, -0.05) is 24.3 Å². The molecule has 0 amide bonds. The van der Waals surface area contributed by atoms with Crippen LogP contribution in [0.5, 0.6) is 11.5 Å². The minimum Gasteiger partial charge on any atom is -0.493 e. The molecule has 1 atom stereocenters. The summed E-state index contributed by atoms with van der Waals surface area (Å²) in [5.41, 5.74) is 4.13. The van der Waals surface area contributed by atoms with Crippen molar-refractivity contribution < 1.29 is 24.5 Å². The van der Waals surface area contributed by atoms with Crippen LogP contribution in [0, 0.1) is 6.92 Å². The quantitative estimate of drug-likeness (QED) is 0.206. The van der Waals surface area contributed by atoms with E-state index in [4.69, 9.17) is 19.6 Å². The molecule has 0 fully saturated rings. The maximum Gasteiger partial charge on any atom is 0.163 e. The number of ether oxygens (including phenoxy) is 2. The molecule has 0 bridgehead atoms. The number of hydrogen-bond acceptors (Lipinski definition) is 7. The normalized spacial score (nSPS) is 12.0. The van der Waals surface area contributed by atoms with Crippen molar-refractivity contribution >= 4 is 27.2 Å². The largest absolute Gasteiger partial charge is 0.493 e. The fraction of sp³-hybridized carbons (Fsp3) is 0.286. The number of ketones is 1. The molecule has 2 aromatic heterocycles. The number of pyridine rings is 1. The van der Waals surface area contributed by atoms with Gasteiger partial charge < -0.3 is 19.7 Å². The van der Waals surface area contributed by atoms with Crippen LogP contribution in [-0.2, 0) is 0 Å². The lowest BCUT2D eigenvalue weighted by Crippen LogP contribution is -2.07. The number of hydrogen-bond donors (Lipinski definition) is 2. The Morgan fingerprint density at radius 2 is 1.94 bits per heavy atom. The van der Waals surface area contributed by atoms with Crippen molar-refractivity contribution in [1.29, 1.82) is 0 Å². The van der Waals surface area contributed by atoms with Crippen molar-refractivity contribution in [3.8, 4) is 22.8 Å². The van der Waals surface area contributed by atoms with Crippen molar-refractivity contribution in [2.45, 2.75) is 32.3 Å². The summed E-state index contributed by atoms with van der Waals surface area (Å²) in [6, 6.07) is 16.9. The topological polar surface area (TPSA) is 88.9 Å². The Kier molecular flexibility index (Phi) is 8.13. The van der Waals surface area contributed by atoms with Gasteiger partial charge in [0.15, 0.2) is 17.3 Å². The van der Waals surface area contributed by atoms with Gasteiger partial charge in [0.1, 0.15) is 0 Å². The van der Waals surface area contributed by atoms with Crippen LogP contribution in [-0.4, -0.2) is 41.3 Å². The smallest absolute Gasteiger partial charge is 0.163 e. The van der Waals surface area contributed by atoms with Gasteiger partial charge in [0, 0.05) is 46.0 Å². The zero-order valence-corrected chi connectivity index (χ0v) is 20.7. The number of carbonyl (C=O) groups excluding carboxylic acids is 1. The first-order valence-electron chi connectivity index (χ1n) is 11.6. The average molecular weight is 492 g/mol. The molecule has 182 valence electrons. The van der Waals surface area contributed by atoms with Gasteiger partial charge in [0.25, 0.3) is 0 Å². The molecule has 4 aromatic rings. The lowest BCUT2D eigenvalue weighted by atomic mass is 10.0. The number of aryl methyl sites for hydroxylation is 1. The zero-order chi connectivity index (χ0) is 24.8. The average Bonchev–Trinajstić information content (AvgIpc) is 3.33. The highest BCUT2D eigenvalue weighted by molar-refractivity contribution is 7.18. The maximum atomic E-state index is 12.8. The van der Waals surface area contributed by atoms with Gasteiger partial charge in [-0.3, -0.25) is 9.78 Å². The molecule has 2 aromatic carbocycles. The van der Waals surface area contributed by atoms with Crippen LogP contribution in [0.25, 0.3) is 21.3 Å². The molecule has 0 aliphatic rings. The molecule has 2 heterocycles. The van der Waals surface area contributed by atoms with E-state index in [0.29, 0.717) is 35.8 Å². The van der Waals surface area contributed by atoms with Crippen LogP contribution in [0.2, 0.25) is 0 Å². The standard InChI is InChI=1S/C28H29NO5S/c1-18-6-3-7-20-21(17-35-28(18)20)22-8-4-9-23(29-22)25(32)12-11-24(31)19-10-13-26(27(16-19)33-2)34-15-5-14-30/h3-4,6-10,13,16-17,25,30,32H,5,11-12,14-15H2,1-2H3. The van der Waals surface area contributed by atoms with Crippen LogP contribution in [0.4, 0.5) is 0 Å². The molecule has 2 N–H and O–H groups in total. The number of thiophene rings is 1. The molecular weight excluding hydrogens is 462 g/mol. The van der Waals surface area contributed by atoms with Crippen molar-refractivity contribution in [2.24, 2.45) is 0 Å². The Morgan fingerprint density at radius 1 is 1.11 bits per heavy atom. The number of methoxy groups -OCH3 is 1. The Bertz CT molecular complexity index is 1320. The van der Waals surface area contributed by atoms with E-state index in [-0.39, 0.29) is 25.2 Å². The molecule has 0 aliphatic heterocycles. The minimum atomic E-state index is -0.853. The summed E-state index contributed by atoms with van der Waals surface area (Å²) in [6.07, 6.45) is 0.0879. The molecule has 4 rings (SSSR count). The Morgan fingerprint density at radius 3 is 2.74 bits per heavy atom. The zero-order valence-electron chi connectivity index (χ0n) is 19.9. The van der Waals surface area contributed by atoms with Crippen LogP contribution in [0.15, 0.2) is 60.0 Å². The summed E-state index contributed by atoms with van der Waals surface area (Å²) < 4.78 is 12.2. The van der Waals surface area contributed by atoms with Gasteiger partial charge in [0.2, 0.25) is 0 Å². The van der Waals surface area contributed by atoms with Gasteiger partial charge in [-0.2, -0.15) is 0 Å². The van der Waals surface area contributed by atoms with Gasteiger partial charge in [-0.15, -0.1) is 11.3 Å². The first kappa shape index (κ1) is 24.9. The van der Waals surface area contributed by atoms with E-state index in [1.807, 2.05) is 18.2 Å². The number of aliphatic hydroxyl groups is 2. The van der Waals surface area contributed by atoms with Gasteiger partial charge >= 0.3 is 0 Å². The highest BCUT2D eigenvalue weighted by Crippen LogP contribution is 2.35. The third kappa shape index (κ3) is 5.70. The highest BCUT2D eigenvalue weighted by Gasteiger charge is 2.17. The van der Waals surface area contributed by atoms with Gasteiger partial charge in [0.05, 0.1) is 31.2 Å². The first-order chi connectivity index (χ1) is 17.0. The third-order valence-electron chi connectivity index (χ3n) is 5.88. The predicted molar refractivity (Wildman–Crippen MR) is 139 cm³/mol. The fourth-order valence-corrected chi connectivity index (χ4v) is 5.00. The van der Waals surface area contributed by atoms with Crippen LogP contribution in [0.3, 0.4) is 0 Å². The van der Waals surface area contributed by atoms with Crippen molar-refractivity contribution in [3.05, 3.63) is 76.8 Å². The summed E-state index contributed by atoms with van der Waals surface area (Å²) in [4.78, 5) is 17.5. The summed E-state index contributed by atoms with van der Waals surface area (Å²) in [5, 5.41) is 22.9. The van der Waals surface area contributed by atoms with Gasteiger partial charge in [-0.05, 0) is 49.2 Å². The minimum absolute atomic E-state index is 0.0441. The molecule has 1 unspecified atom stereocenters. The molecular formula is C28H29NO5S. The number of aromatic nitrogens is 1. The molecule has 7 heteroatoms. The maximum absolute atomic E-state index is 12.8. The Balaban J connectivity index is 1.44. The second-order valence-electron chi connectivity index (χ2n) is 8.32. The molecule has 0 saturated heterocycles. The van der Waals surface area contributed by atoms with E-state index in [1.54, 1.807) is 35.6 Å². The number of nitrogens with zero attached hydrogens (tertiary/aromatic N) is 1. The van der Waals surface area contributed by atoms with E-state index >= 15 is 0 Å². The number of Topliss-reactive ketones (excluding diaryl/α,β-unsaturated/α-hetero) is 1. The number of rotatable bonds is 11. The van der Waals surface area contributed by atoms with Gasteiger partial charge in [-0.25, -0.2) is 0 Å². The summed E-state index contributed by atoms with van der Waals surface area (Å²) >= 11 is 1.69. The lowest BCUT2D eigenvalue weighted by Gasteiger charge is -2.13. The Hall–Kier alpha value is -3.26. The first-order valence-corrected chi connectivity index (χ1v) is 12.5. The number of benzene rings is 2. The molecule has 35 heavy (non-hydrogen) atoms. The van der Waals surface area contributed by atoms with E-state index in [0.717, 1.165) is 16.6 Å². The highest BCUT2D eigenvalue weighted by atomic mass is 32.1. The van der Waals surface area contributed by atoms with E-state index < -0.39 is 6.10 Å². The second-order valence-corrected chi connectivity index (χ2v) is 9.20. The third-order valence-corrected chi connectivity index (χ3v) is 7.01. The van der Waals surface area contributed by atoms with E-state index in [1.165, 1.54) is 17.4 Å². The molecule has 0 saturated carbocycles. The molecule has 0 radical (unpaired) electrons. The van der Waals surface area contributed by atoms with E-state index in [9.17, 15) is 9.90 Å². The van der Waals surface area contributed by atoms with Crippen LogP contribution < -0.4 is 9.47 Å². The monoisotopic (exact) mass is 491 g/mol. The van der Waals surface area contributed by atoms with Crippen molar-refractivity contribution in [2.75, 3.05) is 20.3 Å². The van der Waals surface area contributed by atoms with Crippen molar-refractivity contribution in [3.63, 3.8) is 0 Å². The number of fused-ring (bicyclic) bond motifs is 1. The fourth-order valence-electron chi connectivity index (χ4n) is 3.95. The Labute approximate surface area is 208 Å². The van der Waals surface area contributed by atoms with E-state index in [2.05, 4.69) is 24.4 Å². The number of carbonyl (C=O) groups is 1. The summed E-state index contributed by atoms with van der Waals surface area (Å²) in [5.74, 6) is 0.886. The van der Waals surface area contributed by atoms with Crippen LogP contribution >= 0.6 is 11.3 Å². The second kappa shape index (κ2) is 11.4. The predicted octanol–water partition coefficient (Wildman–Crippen LogP) is 5.74.